The molecule has 1 aromatic heterocycles. The molecule has 0 unspecified atom stereocenters. The maximum Gasteiger partial charge on any atom is 0.293 e. The molecule has 3 aromatic rings. The highest BCUT2D eigenvalue weighted by Gasteiger charge is 2.26. The van der Waals surface area contributed by atoms with Crippen LogP contribution in [-0.2, 0) is 11.3 Å². The fourth-order valence-corrected chi connectivity index (χ4v) is 4.11. The molecule has 1 fully saturated rings. The first-order valence-electron chi connectivity index (χ1n) is 11.1. The van der Waals surface area contributed by atoms with Crippen molar-refractivity contribution in [2.75, 3.05) is 31.1 Å². The molecule has 11 heteroatoms. The summed E-state index contributed by atoms with van der Waals surface area (Å²) in [7, 11) is 0. The van der Waals surface area contributed by atoms with Crippen molar-refractivity contribution in [3.8, 4) is 5.69 Å². The highest BCUT2D eigenvalue weighted by Crippen LogP contribution is 2.30. The second kappa shape index (κ2) is 9.92. The average molecular weight is 481 g/mol. The van der Waals surface area contributed by atoms with E-state index in [1.54, 1.807) is 47.0 Å². The van der Waals surface area contributed by atoms with Crippen molar-refractivity contribution in [2.24, 2.45) is 0 Å². The molecule has 2 aromatic carbocycles. The van der Waals surface area contributed by atoms with Gasteiger partial charge in [-0.3, -0.25) is 19.7 Å². The summed E-state index contributed by atoms with van der Waals surface area (Å²) < 4.78 is 16.2. The molecule has 1 saturated heterocycles. The van der Waals surface area contributed by atoms with Gasteiger partial charge in [0.15, 0.2) is 0 Å². The zero-order chi connectivity index (χ0) is 25.1. The van der Waals surface area contributed by atoms with Crippen molar-refractivity contribution in [3.63, 3.8) is 0 Å². The Bertz CT molecular complexity index is 1280. The van der Waals surface area contributed by atoms with Gasteiger partial charge in [0.2, 0.25) is 5.91 Å². The van der Waals surface area contributed by atoms with Crippen LogP contribution in [0.4, 0.5) is 15.8 Å². The Morgan fingerprint density at radius 1 is 1.11 bits per heavy atom. The van der Waals surface area contributed by atoms with Gasteiger partial charge >= 0.3 is 0 Å². The molecule has 1 aliphatic rings. The number of aromatic nitrogens is 2. The van der Waals surface area contributed by atoms with Crippen LogP contribution in [0.15, 0.2) is 48.8 Å². The molecule has 10 nitrogen and oxygen atoms in total. The smallest absolute Gasteiger partial charge is 0.293 e. The van der Waals surface area contributed by atoms with Crippen LogP contribution < -0.4 is 10.2 Å². The summed E-state index contributed by atoms with van der Waals surface area (Å²) in [6, 6.07) is 8.97. The Kier molecular flexibility index (Phi) is 6.76. The van der Waals surface area contributed by atoms with Gasteiger partial charge in [0, 0.05) is 63.7 Å². The van der Waals surface area contributed by atoms with Crippen molar-refractivity contribution < 1.29 is 18.9 Å². The van der Waals surface area contributed by atoms with Crippen LogP contribution in [0.5, 0.6) is 0 Å². The summed E-state index contributed by atoms with van der Waals surface area (Å²) in [5, 5.41) is 14.4. The van der Waals surface area contributed by atoms with Crippen LogP contribution in [0.1, 0.15) is 28.7 Å². The molecular formula is C24H25FN6O4. The molecule has 35 heavy (non-hydrogen) atoms. The molecule has 0 radical (unpaired) electrons. The second-order valence-electron chi connectivity index (χ2n) is 8.27. The second-order valence-corrected chi connectivity index (χ2v) is 8.27. The lowest BCUT2D eigenvalue weighted by Gasteiger charge is -2.35. The predicted molar refractivity (Wildman–Crippen MR) is 127 cm³/mol. The maximum atomic E-state index is 14.6. The van der Waals surface area contributed by atoms with Crippen molar-refractivity contribution in [1.29, 1.82) is 0 Å². The summed E-state index contributed by atoms with van der Waals surface area (Å²) in [5.41, 5.74) is 1.26. The maximum absolute atomic E-state index is 14.6. The number of carbonyl (C=O) groups is 2. The van der Waals surface area contributed by atoms with Gasteiger partial charge in [-0.05, 0) is 36.8 Å². The Morgan fingerprint density at radius 2 is 1.83 bits per heavy atom. The predicted octanol–water partition coefficient (Wildman–Crippen LogP) is 2.83. The van der Waals surface area contributed by atoms with Gasteiger partial charge < -0.3 is 19.7 Å². The van der Waals surface area contributed by atoms with E-state index in [0.29, 0.717) is 48.9 Å². The van der Waals surface area contributed by atoms with Gasteiger partial charge in [0.05, 0.1) is 10.6 Å². The number of rotatable bonds is 6. The summed E-state index contributed by atoms with van der Waals surface area (Å²) in [4.78, 5) is 43.0. The fraction of sp³-hybridized carbons (Fsp3) is 0.292. The van der Waals surface area contributed by atoms with Crippen LogP contribution in [0, 0.1) is 22.9 Å². The molecule has 0 spiro atoms. The fourth-order valence-electron chi connectivity index (χ4n) is 4.11. The summed E-state index contributed by atoms with van der Waals surface area (Å²) in [6.45, 7) is 5.20. The van der Waals surface area contributed by atoms with Crippen LogP contribution in [0.25, 0.3) is 5.69 Å². The number of nitrogens with zero attached hydrogens (tertiary/aromatic N) is 5. The van der Waals surface area contributed by atoms with Crippen LogP contribution in [-0.4, -0.2) is 57.4 Å². The molecule has 2 amide bonds. The minimum Gasteiger partial charge on any atom is -0.362 e. The lowest BCUT2D eigenvalue weighted by molar-refractivity contribution is -0.384. The Morgan fingerprint density at radius 3 is 2.43 bits per heavy atom. The largest absolute Gasteiger partial charge is 0.362 e. The number of halogens is 1. The number of carbonyl (C=O) groups excluding carboxylic acids is 2. The van der Waals surface area contributed by atoms with E-state index in [2.05, 4.69) is 10.3 Å². The zero-order valence-corrected chi connectivity index (χ0v) is 19.4. The molecule has 1 N–H and O–H groups in total. The van der Waals surface area contributed by atoms with Crippen molar-refractivity contribution in [2.45, 2.75) is 20.4 Å². The molecule has 0 atom stereocenters. The lowest BCUT2D eigenvalue weighted by Crippen LogP contribution is -2.48. The minimum atomic E-state index is -0.518. The van der Waals surface area contributed by atoms with E-state index in [1.807, 2.05) is 4.90 Å². The van der Waals surface area contributed by atoms with Gasteiger partial charge in [-0.1, -0.05) is 6.07 Å². The van der Waals surface area contributed by atoms with E-state index in [1.165, 1.54) is 25.1 Å². The first-order valence-corrected chi connectivity index (χ1v) is 11.1. The third-order valence-electron chi connectivity index (χ3n) is 6.05. The number of nitro groups is 1. The van der Waals surface area contributed by atoms with E-state index in [4.69, 9.17) is 0 Å². The standard InChI is InChI=1S/C24H25FN6O4/c1-16-26-7-8-30(16)21-5-3-18(13-20(21)25)15-27-24(33)19-4-6-22(23(14-19)31(34)35)29-11-9-28(10-12-29)17(2)32/h3-8,13-14H,9-12,15H2,1-2H3,(H,27,33). The molecule has 0 aliphatic carbocycles. The zero-order valence-electron chi connectivity index (χ0n) is 19.4. The van der Waals surface area contributed by atoms with E-state index in [9.17, 15) is 24.1 Å². The third kappa shape index (κ3) is 5.13. The molecule has 0 saturated carbocycles. The highest BCUT2D eigenvalue weighted by atomic mass is 19.1. The van der Waals surface area contributed by atoms with Crippen LogP contribution in [0.2, 0.25) is 0 Å². The molecule has 2 heterocycles. The average Bonchev–Trinajstić information content (AvgIpc) is 3.27. The quantitative estimate of drug-likeness (QED) is 0.429. The number of nitrogens with one attached hydrogen (secondary N) is 1. The van der Waals surface area contributed by atoms with Crippen molar-refractivity contribution in [1.82, 2.24) is 19.8 Å². The first kappa shape index (κ1) is 23.9. The number of piperazine rings is 1. The number of nitro benzene ring substituents is 1. The first-order chi connectivity index (χ1) is 16.7. The number of amides is 2. The SMILES string of the molecule is CC(=O)N1CCN(c2ccc(C(=O)NCc3ccc(-n4ccnc4C)c(F)c3)cc2[N+](=O)[O-])CC1. The number of hydrogen-bond acceptors (Lipinski definition) is 6. The normalized spacial score (nSPS) is 13.6. The van der Waals surface area contributed by atoms with E-state index in [-0.39, 0.29) is 23.7 Å². The summed E-state index contributed by atoms with van der Waals surface area (Å²) >= 11 is 0. The van der Waals surface area contributed by atoms with Crippen LogP contribution >= 0.6 is 0 Å². The third-order valence-corrected chi connectivity index (χ3v) is 6.05. The van der Waals surface area contributed by atoms with Crippen molar-refractivity contribution in [3.05, 3.63) is 81.7 Å². The highest BCUT2D eigenvalue weighted by molar-refractivity contribution is 5.95. The van der Waals surface area contributed by atoms with E-state index in [0.717, 1.165) is 0 Å². The van der Waals surface area contributed by atoms with Gasteiger partial charge in [0.25, 0.3) is 11.6 Å². The number of aryl methyl sites for hydroxylation is 1. The topological polar surface area (TPSA) is 114 Å². The van der Waals surface area contributed by atoms with Crippen molar-refractivity contribution >= 4 is 23.2 Å². The van der Waals surface area contributed by atoms with Gasteiger partial charge in [-0.25, -0.2) is 9.37 Å². The Labute approximate surface area is 201 Å². The Hall–Kier alpha value is -4.28. The molecule has 1 aliphatic heterocycles. The minimum absolute atomic E-state index is 0.0301. The number of hydrogen-bond donors (Lipinski definition) is 1. The molecule has 4 rings (SSSR count). The Balaban J connectivity index is 1.45. The van der Waals surface area contributed by atoms with Gasteiger partial charge in [-0.2, -0.15) is 0 Å². The number of benzene rings is 2. The molecule has 0 bridgehead atoms. The number of imidazole rings is 1. The lowest BCUT2D eigenvalue weighted by atomic mass is 10.1. The van der Waals surface area contributed by atoms with E-state index >= 15 is 0 Å². The summed E-state index contributed by atoms with van der Waals surface area (Å²) in [5.74, 6) is -0.341. The summed E-state index contributed by atoms with van der Waals surface area (Å²) in [6.07, 6.45) is 3.24. The number of anilines is 1. The van der Waals surface area contributed by atoms with Gasteiger partial charge in [-0.15, -0.1) is 0 Å². The molecule has 182 valence electrons. The van der Waals surface area contributed by atoms with E-state index < -0.39 is 16.6 Å². The molecular weight excluding hydrogens is 455 g/mol. The monoisotopic (exact) mass is 480 g/mol. The van der Waals surface area contributed by atoms with Gasteiger partial charge in [0.1, 0.15) is 17.3 Å². The van der Waals surface area contributed by atoms with Crippen LogP contribution in [0.3, 0.4) is 0 Å².